The minimum Gasteiger partial charge on any atom is -0.444 e. The van der Waals surface area contributed by atoms with Crippen molar-refractivity contribution < 1.29 is 19.1 Å². The SMILES string of the molecule is CC(=O)CCCCCCC(=O)c1csc(-c2csc(CNC(=O)OC(C)(C)C)n2)n1. The van der Waals surface area contributed by atoms with Gasteiger partial charge in [0.25, 0.3) is 0 Å². The van der Waals surface area contributed by atoms with Crippen molar-refractivity contribution in [2.75, 3.05) is 0 Å². The molecule has 0 saturated heterocycles. The van der Waals surface area contributed by atoms with Crippen molar-refractivity contribution in [2.45, 2.75) is 78.4 Å². The van der Waals surface area contributed by atoms with Crippen molar-refractivity contribution >= 4 is 40.3 Å². The normalized spacial score (nSPS) is 11.3. The molecule has 2 aromatic heterocycles. The van der Waals surface area contributed by atoms with Crippen molar-refractivity contribution in [1.29, 1.82) is 0 Å². The van der Waals surface area contributed by atoms with Crippen molar-refractivity contribution in [1.82, 2.24) is 15.3 Å². The molecule has 2 rings (SSSR count). The maximum absolute atomic E-state index is 12.3. The number of hydrogen-bond acceptors (Lipinski definition) is 8. The quantitative estimate of drug-likeness (QED) is 0.363. The van der Waals surface area contributed by atoms with Crippen LogP contribution in [0.1, 0.15) is 81.7 Å². The maximum Gasteiger partial charge on any atom is 0.408 e. The van der Waals surface area contributed by atoms with E-state index in [2.05, 4.69) is 15.3 Å². The number of hydrogen-bond donors (Lipinski definition) is 1. The van der Waals surface area contributed by atoms with Crippen LogP contribution < -0.4 is 5.32 Å². The molecule has 1 N–H and O–H groups in total. The minimum atomic E-state index is -0.545. The summed E-state index contributed by atoms with van der Waals surface area (Å²) in [6, 6.07) is 0. The topological polar surface area (TPSA) is 98.2 Å². The summed E-state index contributed by atoms with van der Waals surface area (Å²) < 4.78 is 5.21. The highest BCUT2D eigenvalue weighted by Crippen LogP contribution is 2.26. The van der Waals surface area contributed by atoms with Gasteiger partial charge in [-0.15, -0.1) is 22.7 Å². The molecule has 0 aliphatic carbocycles. The number of rotatable bonds is 11. The number of nitrogens with one attached hydrogen (secondary N) is 1. The largest absolute Gasteiger partial charge is 0.444 e. The van der Waals surface area contributed by atoms with E-state index in [0.717, 1.165) is 30.7 Å². The maximum atomic E-state index is 12.3. The van der Waals surface area contributed by atoms with Crippen LogP contribution in [-0.2, 0) is 16.1 Å². The lowest BCUT2D eigenvalue weighted by Crippen LogP contribution is -2.32. The van der Waals surface area contributed by atoms with Crippen LogP contribution in [0.2, 0.25) is 0 Å². The zero-order valence-electron chi connectivity index (χ0n) is 17.9. The molecule has 9 heteroatoms. The van der Waals surface area contributed by atoms with Crippen LogP contribution in [0.15, 0.2) is 10.8 Å². The number of Topliss-reactive ketones (excluding diaryl/α,β-unsaturated/α-hetero) is 2. The second-order valence-corrected chi connectivity index (χ2v) is 9.86. The molecule has 0 bridgehead atoms. The summed E-state index contributed by atoms with van der Waals surface area (Å²) in [6.07, 6.45) is 4.20. The van der Waals surface area contributed by atoms with Gasteiger partial charge >= 0.3 is 6.09 Å². The van der Waals surface area contributed by atoms with E-state index in [1.807, 2.05) is 26.2 Å². The first-order valence-electron chi connectivity index (χ1n) is 10.0. The van der Waals surface area contributed by atoms with E-state index in [-0.39, 0.29) is 18.1 Å². The van der Waals surface area contributed by atoms with Crippen molar-refractivity contribution in [3.8, 4) is 10.7 Å². The summed E-state index contributed by atoms with van der Waals surface area (Å²) in [7, 11) is 0. The first-order chi connectivity index (χ1) is 14.1. The summed E-state index contributed by atoms with van der Waals surface area (Å²) in [5.41, 5.74) is 0.630. The molecule has 2 heterocycles. The molecule has 0 aliphatic rings. The van der Waals surface area contributed by atoms with Gasteiger partial charge < -0.3 is 14.8 Å². The Labute approximate surface area is 185 Å². The lowest BCUT2D eigenvalue weighted by Gasteiger charge is -2.19. The number of thiazole rings is 2. The van der Waals surface area contributed by atoms with E-state index in [9.17, 15) is 14.4 Å². The minimum absolute atomic E-state index is 0.0334. The molecule has 30 heavy (non-hydrogen) atoms. The first-order valence-corrected chi connectivity index (χ1v) is 11.8. The second kappa shape index (κ2) is 11.3. The highest BCUT2D eigenvalue weighted by Gasteiger charge is 2.17. The summed E-state index contributed by atoms with van der Waals surface area (Å²) in [5, 5.41) is 7.76. The molecular weight excluding hydrogens is 422 g/mol. The molecule has 0 aromatic carbocycles. The van der Waals surface area contributed by atoms with Gasteiger partial charge in [0.05, 0.1) is 6.54 Å². The van der Waals surface area contributed by atoms with Crippen molar-refractivity contribution in [2.24, 2.45) is 0 Å². The van der Waals surface area contributed by atoms with Gasteiger partial charge in [-0.25, -0.2) is 14.8 Å². The monoisotopic (exact) mass is 451 g/mol. The molecule has 2 aromatic rings. The van der Waals surface area contributed by atoms with E-state index in [4.69, 9.17) is 4.74 Å². The van der Waals surface area contributed by atoms with Crippen LogP contribution in [0.5, 0.6) is 0 Å². The molecule has 0 unspecified atom stereocenters. The molecule has 0 atom stereocenters. The zero-order chi connectivity index (χ0) is 22.1. The Balaban J connectivity index is 1.79. The smallest absolute Gasteiger partial charge is 0.408 e. The highest BCUT2D eigenvalue weighted by atomic mass is 32.1. The lowest BCUT2D eigenvalue weighted by molar-refractivity contribution is -0.117. The molecular formula is C21H29N3O4S2. The molecule has 0 radical (unpaired) electrons. The van der Waals surface area contributed by atoms with Crippen LogP contribution in [0.3, 0.4) is 0 Å². The Morgan fingerprint density at radius 1 is 1.00 bits per heavy atom. The van der Waals surface area contributed by atoms with Crippen molar-refractivity contribution in [3.63, 3.8) is 0 Å². The van der Waals surface area contributed by atoms with Gasteiger partial charge in [-0.1, -0.05) is 12.8 Å². The standard InChI is InChI=1S/C21H29N3O4S2/c1-14(25)9-7-5-6-8-10-17(26)15-12-30-19(24-15)16-13-29-18(23-16)11-22-20(27)28-21(2,3)4/h12-13H,5-11H2,1-4H3,(H,22,27). The fourth-order valence-electron chi connectivity index (χ4n) is 2.61. The Bertz CT molecular complexity index is 868. The van der Waals surface area contributed by atoms with E-state index in [1.165, 1.54) is 22.7 Å². The van der Waals surface area contributed by atoms with Gasteiger partial charge in [0.15, 0.2) is 5.78 Å². The number of nitrogens with zero attached hydrogens (tertiary/aromatic N) is 2. The van der Waals surface area contributed by atoms with Gasteiger partial charge in [-0.3, -0.25) is 4.79 Å². The third-order valence-corrected chi connectivity index (χ3v) is 5.74. The number of unbranched alkanes of at least 4 members (excludes halogenated alkanes) is 3. The number of alkyl carbamates (subject to hydrolysis) is 1. The zero-order valence-corrected chi connectivity index (χ0v) is 19.6. The number of ether oxygens (including phenoxy) is 1. The van der Waals surface area contributed by atoms with Gasteiger partial charge in [0, 0.05) is 23.6 Å². The molecule has 0 saturated carbocycles. The second-order valence-electron chi connectivity index (χ2n) is 8.06. The molecule has 7 nitrogen and oxygen atoms in total. The third-order valence-electron chi connectivity index (χ3n) is 4.03. The first kappa shape index (κ1) is 24.1. The average molecular weight is 452 g/mol. The highest BCUT2D eigenvalue weighted by molar-refractivity contribution is 7.14. The Morgan fingerprint density at radius 3 is 2.37 bits per heavy atom. The number of carbonyl (C=O) groups is 3. The Morgan fingerprint density at radius 2 is 1.70 bits per heavy atom. The number of aromatic nitrogens is 2. The number of ketones is 2. The summed E-state index contributed by atoms with van der Waals surface area (Å²) >= 11 is 2.81. The molecule has 164 valence electrons. The average Bonchev–Trinajstić information content (AvgIpc) is 3.30. The van der Waals surface area contributed by atoms with E-state index in [1.54, 1.807) is 12.3 Å². The van der Waals surface area contributed by atoms with Gasteiger partial charge in [-0.2, -0.15) is 0 Å². The number of amides is 1. The third kappa shape index (κ3) is 8.71. The van der Waals surface area contributed by atoms with Crippen molar-refractivity contribution in [3.05, 3.63) is 21.5 Å². The van der Waals surface area contributed by atoms with Gasteiger partial charge in [0.2, 0.25) is 0 Å². The van der Waals surface area contributed by atoms with E-state index in [0.29, 0.717) is 29.2 Å². The van der Waals surface area contributed by atoms with E-state index < -0.39 is 11.7 Å². The van der Waals surface area contributed by atoms with Crippen LogP contribution >= 0.6 is 22.7 Å². The Kier molecular flexibility index (Phi) is 9.10. The lowest BCUT2D eigenvalue weighted by atomic mass is 10.1. The van der Waals surface area contributed by atoms with Crippen LogP contribution in [-0.4, -0.2) is 33.2 Å². The predicted molar refractivity (Wildman–Crippen MR) is 119 cm³/mol. The number of carbonyl (C=O) groups excluding carboxylic acids is 3. The predicted octanol–water partition coefficient (Wildman–Crippen LogP) is 5.40. The molecule has 1 amide bonds. The van der Waals surface area contributed by atoms with Crippen LogP contribution in [0.25, 0.3) is 10.7 Å². The summed E-state index contributed by atoms with van der Waals surface area (Å²) in [6.45, 7) is 7.31. The van der Waals surface area contributed by atoms with Crippen LogP contribution in [0.4, 0.5) is 4.79 Å². The fourth-order valence-corrected chi connectivity index (χ4v) is 4.19. The van der Waals surface area contributed by atoms with E-state index >= 15 is 0 Å². The Hall–Kier alpha value is -2.13. The molecule has 0 fully saturated rings. The fraction of sp³-hybridized carbons (Fsp3) is 0.571. The van der Waals surface area contributed by atoms with Crippen LogP contribution in [0, 0.1) is 0 Å². The molecule has 0 aliphatic heterocycles. The van der Waals surface area contributed by atoms with Gasteiger partial charge in [-0.05, 0) is 40.5 Å². The molecule has 0 spiro atoms. The summed E-state index contributed by atoms with van der Waals surface area (Å²) in [4.78, 5) is 43.9. The summed E-state index contributed by atoms with van der Waals surface area (Å²) in [5.74, 6) is 0.248. The van der Waals surface area contributed by atoms with Gasteiger partial charge in [0.1, 0.15) is 32.8 Å².